The van der Waals surface area contributed by atoms with E-state index >= 15 is 0 Å². The van der Waals surface area contributed by atoms with Crippen molar-refractivity contribution < 1.29 is 32.3 Å². The Labute approximate surface area is 196 Å². The molecule has 8 nitrogen and oxygen atoms in total. The quantitative estimate of drug-likeness (QED) is 0.483. The van der Waals surface area contributed by atoms with Crippen LogP contribution in [0.2, 0.25) is 0 Å². The highest BCUT2D eigenvalue weighted by Crippen LogP contribution is 2.20. The molecular weight excluding hydrogens is 472 g/mol. The molecule has 1 aromatic heterocycles. The maximum Gasteiger partial charge on any atom is 0.490 e. The molecule has 0 bridgehead atoms. The second kappa shape index (κ2) is 11.1. The summed E-state index contributed by atoms with van der Waals surface area (Å²) >= 11 is 0. The topological polar surface area (TPSA) is 115 Å². The first-order valence-corrected chi connectivity index (χ1v) is 10.6. The summed E-state index contributed by atoms with van der Waals surface area (Å²) in [5.41, 5.74) is 1.28. The summed E-state index contributed by atoms with van der Waals surface area (Å²) in [5, 5.41) is 18.3. The van der Waals surface area contributed by atoms with Gasteiger partial charge in [0.15, 0.2) is 0 Å². The van der Waals surface area contributed by atoms with Gasteiger partial charge in [-0.15, -0.1) is 0 Å². The van der Waals surface area contributed by atoms with E-state index in [-0.39, 0.29) is 17.0 Å². The molecule has 12 heteroatoms. The molecule has 2 aromatic carbocycles. The van der Waals surface area contributed by atoms with Crippen molar-refractivity contribution in [3.05, 3.63) is 75.5 Å². The van der Waals surface area contributed by atoms with Crippen LogP contribution in [-0.2, 0) is 11.2 Å². The number of nitrogens with zero attached hydrogens (tertiary/aromatic N) is 2. The van der Waals surface area contributed by atoms with Crippen LogP contribution in [0.5, 0.6) is 0 Å². The lowest BCUT2D eigenvalue weighted by molar-refractivity contribution is -0.192. The Hall–Kier alpha value is -3.80. The number of carbonyl (C=O) groups excluding carboxylic acids is 1. The average molecular weight is 494 g/mol. The Morgan fingerprint density at radius 1 is 1.06 bits per heavy atom. The van der Waals surface area contributed by atoms with Gasteiger partial charge in [0, 0.05) is 31.4 Å². The number of alkyl halides is 3. The van der Waals surface area contributed by atoms with Gasteiger partial charge in [0.2, 0.25) is 0 Å². The highest BCUT2D eigenvalue weighted by molar-refractivity contribution is 5.94. The monoisotopic (exact) mass is 494 g/mol. The van der Waals surface area contributed by atoms with Crippen LogP contribution in [0.4, 0.5) is 17.6 Å². The first-order chi connectivity index (χ1) is 16.6. The highest BCUT2D eigenvalue weighted by Gasteiger charge is 2.38. The number of hydrogen-bond donors (Lipinski definition) is 3. The minimum Gasteiger partial charge on any atom is -0.475 e. The van der Waals surface area contributed by atoms with E-state index in [2.05, 4.69) is 15.5 Å². The van der Waals surface area contributed by atoms with Gasteiger partial charge < -0.3 is 15.3 Å². The average Bonchev–Trinajstić information content (AvgIpc) is 3.11. The number of aliphatic carboxylic acids is 1. The molecule has 0 saturated carbocycles. The number of aromatic amines is 1. The molecule has 35 heavy (non-hydrogen) atoms. The molecule has 0 radical (unpaired) electrons. The smallest absolute Gasteiger partial charge is 0.475 e. The number of aromatic nitrogens is 2. The van der Waals surface area contributed by atoms with E-state index in [1.807, 2.05) is 12.1 Å². The molecule has 0 atom stereocenters. The molecule has 0 spiro atoms. The van der Waals surface area contributed by atoms with Crippen LogP contribution in [0.15, 0.2) is 47.3 Å². The van der Waals surface area contributed by atoms with E-state index in [4.69, 9.17) is 9.90 Å². The Morgan fingerprint density at radius 3 is 2.43 bits per heavy atom. The van der Waals surface area contributed by atoms with Crippen LogP contribution >= 0.6 is 0 Å². The fraction of sp³-hybridized carbons (Fsp3) is 0.304. The number of carbonyl (C=O) groups is 2. The van der Waals surface area contributed by atoms with E-state index in [9.17, 15) is 27.2 Å². The van der Waals surface area contributed by atoms with E-state index in [1.165, 1.54) is 6.07 Å². The summed E-state index contributed by atoms with van der Waals surface area (Å²) in [6.45, 7) is 2.74. The molecule has 3 aromatic rings. The molecule has 1 saturated heterocycles. The van der Waals surface area contributed by atoms with Gasteiger partial charge in [0.1, 0.15) is 5.82 Å². The molecule has 1 aliphatic rings. The van der Waals surface area contributed by atoms with Gasteiger partial charge in [-0.1, -0.05) is 24.3 Å². The van der Waals surface area contributed by atoms with Crippen LogP contribution in [0.25, 0.3) is 10.8 Å². The predicted molar refractivity (Wildman–Crippen MR) is 119 cm³/mol. The van der Waals surface area contributed by atoms with Crippen molar-refractivity contribution in [2.75, 3.05) is 26.2 Å². The number of rotatable bonds is 3. The van der Waals surface area contributed by atoms with Gasteiger partial charge in [0.05, 0.1) is 16.6 Å². The molecule has 1 aliphatic heterocycles. The number of fused-ring (bicyclic) bond motifs is 1. The fourth-order valence-electron chi connectivity index (χ4n) is 3.57. The molecular formula is C23H22F4N4O4. The standard InChI is InChI=1S/C21H21FN4O2.C2HF3O2/c22-18-7-6-14(12-17(18)21(28)26-10-3-8-23-9-11-26)13-19-15-4-1-2-5-16(15)20(27)25-24-19;3-2(4,5)1(6)7/h1-2,4-7,12,23H,3,8-11,13H2,(H,25,27);(H,6,7). The summed E-state index contributed by atoms with van der Waals surface area (Å²) in [4.78, 5) is 35.4. The third-order valence-corrected chi connectivity index (χ3v) is 5.28. The van der Waals surface area contributed by atoms with Crippen molar-refractivity contribution in [2.24, 2.45) is 0 Å². The largest absolute Gasteiger partial charge is 0.490 e. The second-order valence-corrected chi connectivity index (χ2v) is 7.73. The van der Waals surface area contributed by atoms with Crippen LogP contribution < -0.4 is 10.9 Å². The zero-order valence-corrected chi connectivity index (χ0v) is 18.4. The number of carboxylic acids is 1. The van der Waals surface area contributed by atoms with Crippen molar-refractivity contribution >= 4 is 22.6 Å². The van der Waals surface area contributed by atoms with E-state index < -0.39 is 18.0 Å². The maximum atomic E-state index is 14.4. The van der Waals surface area contributed by atoms with Crippen LogP contribution in [-0.4, -0.2) is 64.4 Å². The number of H-pyrrole nitrogens is 1. The van der Waals surface area contributed by atoms with Crippen LogP contribution in [0, 0.1) is 5.82 Å². The third-order valence-electron chi connectivity index (χ3n) is 5.28. The maximum absolute atomic E-state index is 14.4. The summed E-state index contributed by atoms with van der Waals surface area (Å²) in [6, 6.07) is 11.8. The molecule has 0 unspecified atom stereocenters. The number of halogens is 4. The third kappa shape index (κ3) is 6.63. The minimum atomic E-state index is -5.08. The summed E-state index contributed by atoms with van der Waals surface area (Å²) in [5.74, 6) is -3.57. The van der Waals surface area contributed by atoms with Crippen molar-refractivity contribution in [2.45, 2.75) is 19.0 Å². The number of carboxylic acid groups (broad SMARTS) is 1. The van der Waals surface area contributed by atoms with Gasteiger partial charge in [-0.05, 0) is 36.7 Å². The SMILES string of the molecule is O=C(O)C(F)(F)F.O=C(c1cc(Cc2n[nH]c(=O)c3ccccc23)ccc1F)N1CCCNCC1. The first kappa shape index (κ1) is 25.8. The molecule has 1 fully saturated rings. The van der Waals surface area contributed by atoms with Gasteiger partial charge in [0.25, 0.3) is 11.5 Å². The van der Waals surface area contributed by atoms with Gasteiger partial charge in [-0.25, -0.2) is 14.3 Å². The van der Waals surface area contributed by atoms with E-state index in [0.29, 0.717) is 37.1 Å². The van der Waals surface area contributed by atoms with Gasteiger partial charge >= 0.3 is 12.1 Å². The Bertz CT molecular complexity index is 1270. The summed E-state index contributed by atoms with van der Waals surface area (Å²) in [7, 11) is 0. The van der Waals surface area contributed by atoms with Crippen LogP contribution in [0.3, 0.4) is 0 Å². The highest BCUT2D eigenvalue weighted by atomic mass is 19.4. The molecule has 186 valence electrons. The molecule has 4 rings (SSSR count). The molecule has 0 aliphatic carbocycles. The van der Waals surface area contributed by atoms with E-state index in [0.717, 1.165) is 23.9 Å². The number of hydrogen-bond acceptors (Lipinski definition) is 5. The second-order valence-electron chi connectivity index (χ2n) is 7.73. The lowest BCUT2D eigenvalue weighted by Crippen LogP contribution is -2.34. The minimum absolute atomic E-state index is 0.0770. The number of amides is 1. The van der Waals surface area contributed by atoms with Gasteiger partial charge in [-0.3, -0.25) is 9.59 Å². The molecule has 3 N–H and O–H groups in total. The summed E-state index contributed by atoms with van der Waals surface area (Å²) < 4.78 is 46.1. The Kier molecular flexibility index (Phi) is 8.18. The van der Waals surface area contributed by atoms with Crippen molar-refractivity contribution in [3.8, 4) is 0 Å². The van der Waals surface area contributed by atoms with Crippen molar-refractivity contribution in [1.82, 2.24) is 20.4 Å². The lowest BCUT2D eigenvalue weighted by atomic mass is 10.0. The van der Waals surface area contributed by atoms with Crippen molar-refractivity contribution in [3.63, 3.8) is 0 Å². The Balaban J connectivity index is 0.000000429. The summed E-state index contributed by atoms with van der Waals surface area (Å²) in [6.07, 6.45) is -3.85. The zero-order chi connectivity index (χ0) is 25.6. The molecule has 1 amide bonds. The normalized spacial score (nSPS) is 14.1. The zero-order valence-electron chi connectivity index (χ0n) is 18.4. The molecule has 2 heterocycles. The lowest BCUT2D eigenvalue weighted by Gasteiger charge is -2.20. The number of benzene rings is 2. The van der Waals surface area contributed by atoms with Crippen LogP contribution in [0.1, 0.15) is 28.0 Å². The van der Waals surface area contributed by atoms with E-state index in [1.54, 1.807) is 29.2 Å². The first-order valence-electron chi connectivity index (χ1n) is 10.6. The fourth-order valence-corrected chi connectivity index (χ4v) is 3.57. The number of nitrogens with one attached hydrogen (secondary N) is 2. The van der Waals surface area contributed by atoms with Crippen molar-refractivity contribution in [1.29, 1.82) is 0 Å². The predicted octanol–water partition coefficient (Wildman–Crippen LogP) is 2.72. The van der Waals surface area contributed by atoms with Gasteiger partial charge in [-0.2, -0.15) is 18.3 Å². The Morgan fingerprint density at radius 2 is 1.74 bits per heavy atom.